The van der Waals surface area contributed by atoms with E-state index in [1.807, 2.05) is 30.3 Å². The summed E-state index contributed by atoms with van der Waals surface area (Å²) in [4.78, 5) is 19.7. The topological polar surface area (TPSA) is 55.1 Å². The lowest BCUT2D eigenvalue weighted by Gasteiger charge is -2.12. The van der Waals surface area contributed by atoms with Gasteiger partial charge in [-0.2, -0.15) is 0 Å². The molecule has 0 fully saturated rings. The van der Waals surface area contributed by atoms with Crippen LogP contribution in [0.25, 0.3) is 15.9 Å². The molecule has 0 saturated carbocycles. The van der Waals surface area contributed by atoms with Crippen LogP contribution in [0.5, 0.6) is 0 Å². The minimum atomic E-state index is -0.247. The maximum Gasteiger partial charge on any atom is 0.267 e. The summed E-state index contributed by atoms with van der Waals surface area (Å²) >= 11 is 1.61. The Morgan fingerprint density at radius 2 is 1.95 bits per heavy atom. The number of para-hydroxylation sites is 1. The molecule has 1 aliphatic carbocycles. The van der Waals surface area contributed by atoms with Crippen LogP contribution in [0, 0.1) is 0 Å². The SMILES string of the molecule is O=c1c2c3c(sc2nc(CO)n1-c1ccccc1)CCCC3. The van der Waals surface area contributed by atoms with Crippen molar-refractivity contribution in [2.24, 2.45) is 0 Å². The molecule has 2 heterocycles. The molecule has 2 aromatic heterocycles. The summed E-state index contributed by atoms with van der Waals surface area (Å²) in [6, 6.07) is 9.41. The molecule has 4 nitrogen and oxygen atoms in total. The van der Waals surface area contributed by atoms with Crippen LogP contribution in [0.3, 0.4) is 0 Å². The van der Waals surface area contributed by atoms with Gasteiger partial charge in [0, 0.05) is 4.88 Å². The minimum Gasteiger partial charge on any atom is -0.388 e. The predicted molar refractivity (Wildman–Crippen MR) is 87.8 cm³/mol. The van der Waals surface area contributed by atoms with Gasteiger partial charge in [-0.25, -0.2) is 4.98 Å². The summed E-state index contributed by atoms with van der Waals surface area (Å²) in [5, 5.41) is 10.4. The highest BCUT2D eigenvalue weighted by atomic mass is 32.1. The zero-order valence-electron chi connectivity index (χ0n) is 12.1. The number of aliphatic hydroxyl groups excluding tert-OH is 1. The monoisotopic (exact) mass is 312 g/mol. The van der Waals surface area contributed by atoms with E-state index in [9.17, 15) is 9.90 Å². The van der Waals surface area contributed by atoms with Crippen molar-refractivity contribution in [2.45, 2.75) is 32.3 Å². The van der Waals surface area contributed by atoms with Gasteiger partial charge in [0.25, 0.3) is 5.56 Å². The van der Waals surface area contributed by atoms with Crippen molar-refractivity contribution in [3.63, 3.8) is 0 Å². The fraction of sp³-hybridized carbons (Fsp3) is 0.294. The second-order valence-corrected chi connectivity index (χ2v) is 6.64. The molecule has 0 aliphatic heterocycles. The molecular formula is C17H16N2O2S. The summed E-state index contributed by atoms with van der Waals surface area (Å²) in [5.74, 6) is 0.405. The number of aliphatic hydroxyl groups is 1. The Balaban J connectivity index is 2.08. The highest BCUT2D eigenvalue weighted by Crippen LogP contribution is 2.34. The standard InChI is InChI=1S/C17H16N2O2S/c20-10-14-18-16-15(12-8-4-5-9-13(12)22-16)17(21)19(14)11-6-2-1-3-7-11/h1-3,6-7,20H,4-5,8-10H2. The largest absolute Gasteiger partial charge is 0.388 e. The van der Waals surface area contributed by atoms with Crippen molar-refractivity contribution in [2.75, 3.05) is 0 Å². The quantitative estimate of drug-likeness (QED) is 0.791. The number of aromatic nitrogens is 2. The van der Waals surface area contributed by atoms with Crippen LogP contribution in [0.1, 0.15) is 29.1 Å². The number of benzene rings is 1. The Morgan fingerprint density at radius 3 is 2.73 bits per heavy atom. The Morgan fingerprint density at radius 1 is 1.18 bits per heavy atom. The molecule has 0 bridgehead atoms. The molecule has 112 valence electrons. The first-order valence-electron chi connectivity index (χ1n) is 7.52. The van der Waals surface area contributed by atoms with Crippen molar-refractivity contribution in [1.82, 2.24) is 9.55 Å². The Hall–Kier alpha value is -1.98. The number of rotatable bonds is 2. The zero-order valence-corrected chi connectivity index (χ0v) is 12.9. The highest BCUT2D eigenvalue weighted by molar-refractivity contribution is 7.18. The van der Waals surface area contributed by atoms with Gasteiger partial charge in [0.15, 0.2) is 0 Å². The normalized spacial score (nSPS) is 14.2. The average Bonchev–Trinajstić information content (AvgIpc) is 2.94. The van der Waals surface area contributed by atoms with Crippen molar-refractivity contribution in [1.29, 1.82) is 0 Å². The van der Waals surface area contributed by atoms with Gasteiger partial charge in [0.05, 0.1) is 11.1 Å². The maximum atomic E-state index is 13.1. The van der Waals surface area contributed by atoms with Gasteiger partial charge in [0.2, 0.25) is 0 Å². The number of hydrogen-bond donors (Lipinski definition) is 1. The van der Waals surface area contributed by atoms with Gasteiger partial charge in [-0.3, -0.25) is 9.36 Å². The first-order valence-corrected chi connectivity index (χ1v) is 8.33. The molecule has 0 amide bonds. The molecule has 0 atom stereocenters. The fourth-order valence-corrected chi connectivity index (χ4v) is 4.47. The number of thiophene rings is 1. The molecule has 5 heteroatoms. The molecule has 0 saturated heterocycles. The van der Waals surface area contributed by atoms with E-state index in [1.165, 1.54) is 16.9 Å². The van der Waals surface area contributed by atoms with Crippen molar-refractivity contribution < 1.29 is 5.11 Å². The van der Waals surface area contributed by atoms with Crippen LogP contribution in [0.15, 0.2) is 35.1 Å². The third-order valence-electron chi connectivity index (χ3n) is 4.21. The second-order valence-electron chi connectivity index (χ2n) is 5.55. The lowest BCUT2D eigenvalue weighted by molar-refractivity contribution is 0.268. The Kier molecular flexibility index (Phi) is 3.32. The summed E-state index contributed by atoms with van der Waals surface area (Å²) in [6.07, 6.45) is 4.31. The molecule has 4 rings (SSSR count). The maximum absolute atomic E-state index is 13.1. The number of nitrogens with zero attached hydrogens (tertiary/aromatic N) is 2. The van der Waals surface area contributed by atoms with E-state index in [-0.39, 0.29) is 12.2 Å². The second kappa shape index (κ2) is 5.34. The van der Waals surface area contributed by atoms with E-state index in [4.69, 9.17) is 0 Å². The highest BCUT2D eigenvalue weighted by Gasteiger charge is 2.22. The summed E-state index contributed by atoms with van der Waals surface area (Å²) in [7, 11) is 0. The van der Waals surface area contributed by atoms with E-state index in [0.29, 0.717) is 5.82 Å². The molecule has 0 unspecified atom stereocenters. The van der Waals surface area contributed by atoms with Crippen molar-refractivity contribution in [3.05, 3.63) is 57.0 Å². The predicted octanol–water partition coefficient (Wildman–Crippen LogP) is 2.82. The van der Waals surface area contributed by atoms with Gasteiger partial charge < -0.3 is 5.11 Å². The van der Waals surface area contributed by atoms with Crippen molar-refractivity contribution in [3.8, 4) is 5.69 Å². The number of fused-ring (bicyclic) bond motifs is 3. The van der Waals surface area contributed by atoms with Crippen LogP contribution < -0.4 is 5.56 Å². The minimum absolute atomic E-state index is 0.0559. The zero-order chi connectivity index (χ0) is 15.1. The first kappa shape index (κ1) is 13.7. The van der Waals surface area contributed by atoms with E-state index in [0.717, 1.165) is 35.2 Å². The summed E-state index contributed by atoms with van der Waals surface area (Å²) in [6.45, 7) is -0.247. The van der Waals surface area contributed by atoms with Crippen LogP contribution in [-0.4, -0.2) is 14.7 Å². The van der Waals surface area contributed by atoms with E-state index in [1.54, 1.807) is 15.9 Å². The molecule has 1 aliphatic rings. The molecule has 0 spiro atoms. The third-order valence-corrected chi connectivity index (χ3v) is 5.40. The molecule has 22 heavy (non-hydrogen) atoms. The first-order chi connectivity index (χ1) is 10.8. The van der Waals surface area contributed by atoms with Gasteiger partial charge in [0.1, 0.15) is 17.3 Å². The summed E-state index contributed by atoms with van der Waals surface area (Å²) in [5.41, 5.74) is 1.87. The smallest absolute Gasteiger partial charge is 0.267 e. The fourth-order valence-electron chi connectivity index (χ4n) is 3.20. The number of aryl methyl sites for hydroxylation is 2. The molecule has 0 radical (unpaired) electrons. The Labute approximate surface area is 131 Å². The molecule has 1 N–H and O–H groups in total. The summed E-state index contributed by atoms with van der Waals surface area (Å²) < 4.78 is 1.55. The van der Waals surface area contributed by atoms with Crippen LogP contribution in [0.2, 0.25) is 0 Å². The van der Waals surface area contributed by atoms with Crippen molar-refractivity contribution >= 4 is 21.6 Å². The molecular weight excluding hydrogens is 296 g/mol. The van der Waals surface area contributed by atoms with E-state index >= 15 is 0 Å². The molecule has 1 aromatic carbocycles. The van der Waals surface area contributed by atoms with Gasteiger partial charge in [-0.1, -0.05) is 18.2 Å². The van der Waals surface area contributed by atoms with Crippen LogP contribution in [0.4, 0.5) is 0 Å². The number of hydrogen-bond acceptors (Lipinski definition) is 4. The van der Waals surface area contributed by atoms with Crippen LogP contribution >= 0.6 is 11.3 Å². The van der Waals surface area contributed by atoms with Gasteiger partial charge in [-0.05, 0) is 43.4 Å². The lowest BCUT2D eigenvalue weighted by atomic mass is 9.97. The average molecular weight is 312 g/mol. The van der Waals surface area contributed by atoms with Crippen LogP contribution in [-0.2, 0) is 19.4 Å². The Bertz CT molecular complexity index is 896. The van der Waals surface area contributed by atoms with Gasteiger partial charge in [-0.15, -0.1) is 11.3 Å². The third kappa shape index (κ3) is 2.01. The van der Waals surface area contributed by atoms with Gasteiger partial charge >= 0.3 is 0 Å². The van der Waals surface area contributed by atoms with E-state index < -0.39 is 0 Å². The molecule has 3 aromatic rings. The van der Waals surface area contributed by atoms with E-state index in [2.05, 4.69) is 4.98 Å². The lowest BCUT2D eigenvalue weighted by Crippen LogP contribution is -2.24.